The van der Waals surface area contributed by atoms with E-state index in [0.29, 0.717) is 11.9 Å². The van der Waals surface area contributed by atoms with E-state index >= 15 is 4.39 Å². The average molecular weight is 578 g/mol. The maximum atomic E-state index is 15.2. The molecule has 12 nitrogen and oxygen atoms in total. The Bertz CT molecular complexity index is 1380. The molecule has 0 aliphatic carbocycles. The summed E-state index contributed by atoms with van der Waals surface area (Å²) in [4.78, 5) is 35.6. The molecular weight excluding hydrogens is 555 g/mol. The van der Waals surface area contributed by atoms with Crippen LogP contribution in [0, 0.1) is 5.82 Å². The molecule has 1 aliphatic rings. The Hall–Kier alpha value is -2.02. The highest BCUT2D eigenvalue weighted by Gasteiger charge is 2.45. The molecular formula is C21H23ClFN3O9P2. The van der Waals surface area contributed by atoms with Crippen molar-refractivity contribution in [2.24, 2.45) is 0 Å². The summed E-state index contributed by atoms with van der Waals surface area (Å²) >= 11 is 6.06. The van der Waals surface area contributed by atoms with Gasteiger partial charge in [-0.15, -0.1) is 0 Å². The number of benzene rings is 2. The third-order valence-electron chi connectivity index (χ3n) is 5.56. The molecule has 2 heterocycles. The van der Waals surface area contributed by atoms with Gasteiger partial charge in [0.25, 0.3) is 0 Å². The molecule has 1 saturated heterocycles. The minimum absolute atomic E-state index is 0.122. The van der Waals surface area contributed by atoms with Crippen molar-refractivity contribution in [3.8, 4) is 0 Å². The maximum absolute atomic E-state index is 15.2. The molecule has 3 aromatic rings. The Morgan fingerprint density at radius 3 is 2.46 bits per heavy atom. The average Bonchev–Trinajstić information content (AvgIpc) is 3.09. The van der Waals surface area contributed by atoms with Crippen LogP contribution in [-0.4, -0.2) is 65.7 Å². The zero-order valence-corrected chi connectivity index (χ0v) is 21.4. The lowest BCUT2D eigenvalue weighted by atomic mass is 9.99. The van der Waals surface area contributed by atoms with Gasteiger partial charge in [0.05, 0.1) is 12.1 Å². The number of hydrogen-bond donors (Lipinski definition) is 6. The molecule has 0 radical (unpaired) electrons. The van der Waals surface area contributed by atoms with Crippen LogP contribution < -0.4 is 5.32 Å². The van der Waals surface area contributed by atoms with Gasteiger partial charge in [-0.3, -0.25) is 9.13 Å². The van der Waals surface area contributed by atoms with Gasteiger partial charge in [-0.2, -0.15) is 0 Å². The molecule has 0 bridgehead atoms. The van der Waals surface area contributed by atoms with Crippen molar-refractivity contribution in [2.75, 3.05) is 17.8 Å². The van der Waals surface area contributed by atoms with Crippen molar-refractivity contribution >= 4 is 43.5 Å². The lowest BCUT2D eigenvalue weighted by molar-refractivity contribution is -0.0195. The minimum Gasteiger partial charge on any atom is -0.387 e. The summed E-state index contributed by atoms with van der Waals surface area (Å²) in [6, 6.07) is 11.8. The molecule has 1 aromatic heterocycles. The number of anilines is 1. The number of rotatable bonds is 9. The summed E-state index contributed by atoms with van der Waals surface area (Å²) in [6.07, 6.45) is -6.13. The van der Waals surface area contributed by atoms with E-state index in [1.165, 1.54) is 6.07 Å². The quantitative estimate of drug-likeness (QED) is 0.161. The van der Waals surface area contributed by atoms with Crippen LogP contribution in [0.2, 0.25) is 5.28 Å². The van der Waals surface area contributed by atoms with E-state index in [1.54, 1.807) is 0 Å². The van der Waals surface area contributed by atoms with Gasteiger partial charge in [-0.25, -0.2) is 14.4 Å². The molecule has 2 unspecified atom stereocenters. The summed E-state index contributed by atoms with van der Waals surface area (Å²) in [5.41, 5.74) is 0.992. The first-order valence-electron chi connectivity index (χ1n) is 10.8. The van der Waals surface area contributed by atoms with Gasteiger partial charge in [0, 0.05) is 17.5 Å². The van der Waals surface area contributed by atoms with Gasteiger partial charge in [-0.1, -0.05) is 30.3 Å². The Labute approximate surface area is 214 Å². The largest absolute Gasteiger partial charge is 0.387 e. The number of aromatic nitrogens is 2. The molecule has 0 saturated carbocycles. The first-order chi connectivity index (χ1) is 17.3. The van der Waals surface area contributed by atoms with Crippen LogP contribution in [0.25, 0.3) is 10.9 Å². The number of halogens is 2. The third kappa shape index (κ3) is 6.90. The van der Waals surface area contributed by atoms with Crippen LogP contribution in [0.3, 0.4) is 0 Å². The molecule has 6 N–H and O–H groups in total. The molecule has 5 atom stereocenters. The molecule has 0 spiro atoms. The first kappa shape index (κ1) is 28.0. The Morgan fingerprint density at radius 1 is 1.08 bits per heavy atom. The smallest absolute Gasteiger partial charge is 0.340 e. The fourth-order valence-corrected chi connectivity index (χ4v) is 6.62. The summed E-state index contributed by atoms with van der Waals surface area (Å²) in [5, 5.41) is 24.1. The molecule has 2 aromatic carbocycles. The summed E-state index contributed by atoms with van der Waals surface area (Å²) < 4.78 is 48.3. The summed E-state index contributed by atoms with van der Waals surface area (Å²) in [6.45, 7) is -0.416. The highest BCUT2D eigenvalue weighted by Crippen LogP contribution is 2.55. The summed E-state index contributed by atoms with van der Waals surface area (Å²) in [7, 11) is -9.60. The van der Waals surface area contributed by atoms with Crippen molar-refractivity contribution in [1.82, 2.24) is 9.97 Å². The van der Waals surface area contributed by atoms with Crippen molar-refractivity contribution in [3.05, 3.63) is 64.7 Å². The van der Waals surface area contributed by atoms with E-state index in [1.807, 2.05) is 30.3 Å². The summed E-state index contributed by atoms with van der Waals surface area (Å²) in [5.74, 6) is -1.98. The molecule has 37 heavy (non-hydrogen) atoms. The van der Waals surface area contributed by atoms with Crippen molar-refractivity contribution in [2.45, 2.75) is 31.0 Å². The molecule has 0 amide bonds. The van der Waals surface area contributed by atoms with E-state index in [0.717, 1.165) is 11.6 Å². The van der Waals surface area contributed by atoms with Crippen LogP contribution in [0.1, 0.15) is 17.2 Å². The number of aliphatic hydroxyl groups excluding tert-OH is 2. The van der Waals surface area contributed by atoms with Gasteiger partial charge < -0.3 is 39.5 Å². The predicted octanol–water partition coefficient (Wildman–Crippen LogP) is 2.53. The highest BCUT2D eigenvalue weighted by atomic mass is 35.5. The number of ether oxygens (including phenoxy) is 1. The first-order valence-corrected chi connectivity index (χ1v) is 14.7. The fourth-order valence-electron chi connectivity index (χ4n) is 3.88. The van der Waals surface area contributed by atoms with Crippen molar-refractivity contribution < 1.29 is 47.7 Å². The molecule has 16 heteroatoms. The maximum Gasteiger partial charge on any atom is 0.340 e. The van der Waals surface area contributed by atoms with Gasteiger partial charge >= 0.3 is 15.2 Å². The van der Waals surface area contributed by atoms with Crippen LogP contribution >= 0.6 is 26.8 Å². The second-order valence-electron chi connectivity index (χ2n) is 8.39. The van der Waals surface area contributed by atoms with Crippen LogP contribution in [0.4, 0.5) is 10.2 Å². The number of fused-ring (bicyclic) bond motifs is 1. The SMILES string of the molecule is O=P(O)(O)CP(=O)(O)OC[C@H]1OC(c2cc3nc(Cl)nc(NCc4ccccc4)c3cc2F)[C@H](O)[C@@H]1O. The van der Waals surface area contributed by atoms with Gasteiger partial charge in [-0.05, 0) is 29.3 Å². The normalized spacial score (nSPS) is 23.8. The van der Waals surface area contributed by atoms with Crippen LogP contribution in [-0.2, 0) is 24.9 Å². The Kier molecular flexibility index (Phi) is 8.32. The monoisotopic (exact) mass is 577 g/mol. The van der Waals surface area contributed by atoms with Crippen LogP contribution in [0.15, 0.2) is 42.5 Å². The minimum atomic E-state index is -4.87. The highest BCUT2D eigenvalue weighted by molar-refractivity contribution is 7.70. The van der Waals surface area contributed by atoms with E-state index in [9.17, 15) is 24.2 Å². The zero-order chi connectivity index (χ0) is 27.0. The Balaban J connectivity index is 1.55. The topological polar surface area (TPSA) is 192 Å². The van der Waals surface area contributed by atoms with Gasteiger partial charge in [0.1, 0.15) is 36.1 Å². The third-order valence-corrected chi connectivity index (χ3v) is 9.19. The zero-order valence-electron chi connectivity index (χ0n) is 18.9. The van der Waals surface area contributed by atoms with Crippen molar-refractivity contribution in [1.29, 1.82) is 0 Å². The molecule has 4 rings (SSSR count). The number of hydrogen-bond acceptors (Lipinski definition) is 9. The second kappa shape index (κ2) is 11.0. The fraction of sp³-hybridized carbons (Fsp3) is 0.333. The van der Waals surface area contributed by atoms with Crippen LogP contribution in [0.5, 0.6) is 0 Å². The Morgan fingerprint density at radius 2 is 1.78 bits per heavy atom. The standard InChI is InChI=1S/C21H23ClFN3O9P2/c22-21-25-15-7-12(14(23)6-13(15)20(26-21)24-8-11-4-2-1-3-5-11)19-18(28)17(27)16(35-19)9-34-37(32,33)10-36(29,30)31/h1-7,16-19,27-28H,8-10H2,(H,32,33)(H,24,25,26)(H2,29,30,31)/t16-,17-,18-,19?/m1/s1. The number of nitrogens with zero attached hydrogens (tertiary/aromatic N) is 2. The van der Waals surface area contributed by atoms with Gasteiger partial charge in [0.15, 0.2) is 5.90 Å². The van der Waals surface area contributed by atoms with Gasteiger partial charge in [0.2, 0.25) is 5.28 Å². The number of aliphatic hydroxyl groups is 2. The van der Waals surface area contributed by atoms with E-state index in [-0.39, 0.29) is 22.2 Å². The van der Waals surface area contributed by atoms with Crippen molar-refractivity contribution in [3.63, 3.8) is 0 Å². The lowest BCUT2D eigenvalue weighted by Gasteiger charge is -2.18. The van der Waals surface area contributed by atoms with E-state index in [4.69, 9.17) is 26.1 Å². The predicted molar refractivity (Wildman–Crippen MR) is 131 cm³/mol. The molecule has 1 fully saturated rings. The second-order valence-corrected chi connectivity index (χ2v) is 12.7. The van der Waals surface area contributed by atoms with E-state index < -0.39 is 57.9 Å². The number of nitrogens with one attached hydrogen (secondary N) is 1. The molecule has 1 aliphatic heterocycles. The van der Waals surface area contributed by atoms with E-state index in [2.05, 4.69) is 19.8 Å². The lowest BCUT2D eigenvalue weighted by Crippen LogP contribution is -2.33. The molecule has 200 valence electrons.